The zero-order chi connectivity index (χ0) is 14.0. The summed E-state index contributed by atoms with van der Waals surface area (Å²) in [7, 11) is 0. The first-order chi connectivity index (χ1) is 8.89. The second-order valence-corrected chi connectivity index (χ2v) is 3.96. The van der Waals surface area contributed by atoms with Crippen molar-refractivity contribution in [2.45, 2.75) is 12.2 Å². The van der Waals surface area contributed by atoms with Gasteiger partial charge in [0.1, 0.15) is 5.82 Å². The van der Waals surface area contributed by atoms with Crippen LogP contribution in [-0.4, -0.2) is 4.98 Å². The standard InChI is InChI=1S/C13H10F4N2/c14-9-5-3-8(4-6-9)11(18)12-10(13(15,16)17)2-1-7-19-12/h1-7,11H,18H2. The molecule has 0 bridgehead atoms. The molecule has 1 unspecified atom stereocenters. The predicted molar refractivity (Wildman–Crippen MR) is 61.7 cm³/mol. The molecule has 2 rings (SSSR count). The minimum Gasteiger partial charge on any atom is -0.319 e. The number of nitrogens with zero attached hydrogens (tertiary/aromatic N) is 1. The van der Waals surface area contributed by atoms with Crippen LogP contribution in [0.4, 0.5) is 17.6 Å². The van der Waals surface area contributed by atoms with E-state index in [1.165, 1.54) is 24.4 Å². The Morgan fingerprint density at radius 1 is 1.05 bits per heavy atom. The SMILES string of the molecule is NC(c1ccc(F)cc1)c1ncccc1C(F)(F)F. The van der Waals surface area contributed by atoms with E-state index in [4.69, 9.17) is 5.73 Å². The maximum atomic E-state index is 12.8. The number of alkyl halides is 3. The van der Waals surface area contributed by atoms with E-state index >= 15 is 0 Å². The Morgan fingerprint density at radius 2 is 1.68 bits per heavy atom. The van der Waals surface area contributed by atoms with Gasteiger partial charge in [0.25, 0.3) is 0 Å². The number of hydrogen-bond donors (Lipinski definition) is 1. The Hall–Kier alpha value is -1.95. The van der Waals surface area contributed by atoms with Gasteiger partial charge in [-0.1, -0.05) is 12.1 Å². The number of hydrogen-bond acceptors (Lipinski definition) is 2. The molecule has 0 saturated heterocycles. The fourth-order valence-corrected chi connectivity index (χ4v) is 1.73. The largest absolute Gasteiger partial charge is 0.418 e. The monoisotopic (exact) mass is 270 g/mol. The third-order valence-corrected chi connectivity index (χ3v) is 2.67. The van der Waals surface area contributed by atoms with Crippen molar-refractivity contribution in [2.75, 3.05) is 0 Å². The number of aromatic nitrogens is 1. The van der Waals surface area contributed by atoms with Gasteiger partial charge in [0.2, 0.25) is 0 Å². The molecule has 0 fully saturated rings. The van der Waals surface area contributed by atoms with Gasteiger partial charge in [0.15, 0.2) is 0 Å². The Morgan fingerprint density at radius 3 is 2.26 bits per heavy atom. The molecule has 1 atom stereocenters. The zero-order valence-electron chi connectivity index (χ0n) is 9.66. The van der Waals surface area contributed by atoms with Crippen LogP contribution in [0.2, 0.25) is 0 Å². The molecule has 1 aromatic carbocycles. The fourth-order valence-electron chi connectivity index (χ4n) is 1.73. The maximum absolute atomic E-state index is 12.8. The Bertz CT molecular complexity index is 564. The van der Waals surface area contributed by atoms with Crippen molar-refractivity contribution in [2.24, 2.45) is 5.73 Å². The van der Waals surface area contributed by atoms with Gasteiger partial charge in [-0.05, 0) is 29.8 Å². The van der Waals surface area contributed by atoms with Crippen LogP contribution in [0.25, 0.3) is 0 Å². The average Bonchev–Trinajstić information content (AvgIpc) is 2.38. The number of benzene rings is 1. The summed E-state index contributed by atoms with van der Waals surface area (Å²) < 4.78 is 51.3. The van der Waals surface area contributed by atoms with Crippen molar-refractivity contribution in [1.82, 2.24) is 4.98 Å². The predicted octanol–water partition coefficient (Wildman–Crippen LogP) is 3.29. The van der Waals surface area contributed by atoms with E-state index in [2.05, 4.69) is 4.98 Å². The van der Waals surface area contributed by atoms with Crippen LogP contribution in [0.5, 0.6) is 0 Å². The van der Waals surface area contributed by atoms with Gasteiger partial charge in [0.05, 0.1) is 17.3 Å². The van der Waals surface area contributed by atoms with Crippen LogP contribution in [0.3, 0.4) is 0 Å². The Balaban J connectivity index is 2.44. The number of pyridine rings is 1. The highest BCUT2D eigenvalue weighted by Crippen LogP contribution is 2.34. The smallest absolute Gasteiger partial charge is 0.319 e. The van der Waals surface area contributed by atoms with Crippen molar-refractivity contribution in [1.29, 1.82) is 0 Å². The van der Waals surface area contributed by atoms with E-state index in [1.54, 1.807) is 0 Å². The highest BCUT2D eigenvalue weighted by molar-refractivity contribution is 5.33. The number of rotatable bonds is 2. The van der Waals surface area contributed by atoms with Gasteiger partial charge in [-0.25, -0.2) is 4.39 Å². The van der Waals surface area contributed by atoms with Crippen LogP contribution in [0.15, 0.2) is 42.6 Å². The Labute approximate surface area is 106 Å². The zero-order valence-corrected chi connectivity index (χ0v) is 9.66. The molecule has 2 nitrogen and oxygen atoms in total. The van der Waals surface area contributed by atoms with Crippen molar-refractivity contribution in [3.05, 3.63) is 65.2 Å². The highest BCUT2D eigenvalue weighted by atomic mass is 19.4. The first-order valence-electron chi connectivity index (χ1n) is 5.43. The molecule has 1 heterocycles. The van der Waals surface area contributed by atoms with E-state index < -0.39 is 23.6 Å². The summed E-state index contributed by atoms with van der Waals surface area (Å²) in [6.07, 6.45) is -3.28. The van der Waals surface area contributed by atoms with E-state index in [0.29, 0.717) is 5.56 Å². The topological polar surface area (TPSA) is 38.9 Å². The molecule has 2 aromatic rings. The summed E-state index contributed by atoms with van der Waals surface area (Å²) >= 11 is 0. The summed E-state index contributed by atoms with van der Waals surface area (Å²) in [6.45, 7) is 0. The summed E-state index contributed by atoms with van der Waals surface area (Å²) in [5, 5.41) is 0. The fraction of sp³-hybridized carbons (Fsp3) is 0.154. The lowest BCUT2D eigenvalue weighted by molar-refractivity contribution is -0.138. The van der Waals surface area contributed by atoms with Crippen LogP contribution in [-0.2, 0) is 6.18 Å². The lowest BCUT2D eigenvalue weighted by Crippen LogP contribution is -2.20. The molecule has 1 aromatic heterocycles. The van der Waals surface area contributed by atoms with Crippen molar-refractivity contribution < 1.29 is 17.6 Å². The molecule has 0 spiro atoms. The normalized spacial score (nSPS) is 13.3. The molecule has 19 heavy (non-hydrogen) atoms. The second-order valence-electron chi connectivity index (χ2n) is 3.96. The Kier molecular flexibility index (Phi) is 3.53. The molecular formula is C13H10F4N2. The minimum atomic E-state index is -4.53. The van der Waals surface area contributed by atoms with Gasteiger partial charge < -0.3 is 5.73 Å². The molecule has 2 N–H and O–H groups in total. The molecule has 0 aliphatic carbocycles. The highest BCUT2D eigenvalue weighted by Gasteiger charge is 2.35. The van der Waals surface area contributed by atoms with Crippen molar-refractivity contribution in [3.63, 3.8) is 0 Å². The third kappa shape index (κ3) is 2.90. The van der Waals surface area contributed by atoms with Crippen LogP contribution in [0.1, 0.15) is 22.9 Å². The van der Waals surface area contributed by atoms with Crippen LogP contribution < -0.4 is 5.73 Å². The summed E-state index contributed by atoms with van der Waals surface area (Å²) in [5.41, 5.74) is 4.99. The molecule has 0 saturated carbocycles. The molecule has 100 valence electrons. The van der Waals surface area contributed by atoms with Gasteiger partial charge in [-0.2, -0.15) is 13.2 Å². The molecule has 0 radical (unpaired) electrons. The van der Waals surface area contributed by atoms with E-state index in [1.807, 2.05) is 0 Å². The summed E-state index contributed by atoms with van der Waals surface area (Å²) in [6, 6.07) is 6.04. The minimum absolute atomic E-state index is 0.276. The van der Waals surface area contributed by atoms with Gasteiger partial charge in [-0.3, -0.25) is 4.98 Å². The van der Waals surface area contributed by atoms with Crippen molar-refractivity contribution in [3.8, 4) is 0 Å². The van der Waals surface area contributed by atoms with Crippen molar-refractivity contribution >= 4 is 0 Å². The number of nitrogens with two attached hydrogens (primary N) is 1. The molecule has 0 amide bonds. The molecule has 0 aliphatic heterocycles. The third-order valence-electron chi connectivity index (χ3n) is 2.67. The summed E-state index contributed by atoms with van der Waals surface area (Å²) in [5.74, 6) is -0.479. The maximum Gasteiger partial charge on any atom is 0.418 e. The van der Waals surface area contributed by atoms with E-state index in [0.717, 1.165) is 18.2 Å². The lowest BCUT2D eigenvalue weighted by Gasteiger charge is -2.17. The molecule has 6 heteroatoms. The van der Waals surface area contributed by atoms with Gasteiger partial charge in [0, 0.05) is 6.20 Å². The van der Waals surface area contributed by atoms with Crippen LogP contribution >= 0.6 is 0 Å². The van der Waals surface area contributed by atoms with Gasteiger partial charge >= 0.3 is 6.18 Å². The quantitative estimate of drug-likeness (QED) is 0.850. The first-order valence-corrected chi connectivity index (χ1v) is 5.43. The van der Waals surface area contributed by atoms with Gasteiger partial charge in [-0.15, -0.1) is 0 Å². The van der Waals surface area contributed by atoms with Crippen LogP contribution in [0, 0.1) is 5.82 Å². The molecule has 0 aliphatic rings. The summed E-state index contributed by atoms with van der Waals surface area (Å²) in [4.78, 5) is 3.71. The lowest BCUT2D eigenvalue weighted by atomic mass is 10.00. The molecular weight excluding hydrogens is 260 g/mol. The van der Waals surface area contributed by atoms with E-state index in [-0.39, 0.29) is 5.69 Å². The second kappa shape index (κ2) is 4.97. The van der Waals surface area contributed by atoms with E-state index in [9.17, 15) is 17.6 Å². The first kappa shape index (κ1) is 13.5. The number of halogens is 4. The average molecular weight is 270 g/mol.